The quantitative estimate of drug-likeness (QED) is 0.106. The highest BCUT2D eigenvalue weighted by atomic mass is 79.9. The van der Waals surface area contributed by atoms with E-state index in [1.807, 2.05) is 55.5 Å². The van der Waals surface area contributed by atoms with Crippen molar-refractivity contribution in [1.29, 1.82) is 0 Å². The number of rotatable bonds is 5. The van der Waals surface area contributed by atoms with Crippen molar-refractivity contribution in [3.05, 3.63) is 221 Å². The molecule has 1 heterocycles. The fraction of sp³-hybridized carbons (Fsp3) is 0.0727. The zero-order valence-electron chi connectivity index (χ0n) is 33.1. The first kappa shape index (κ1) is 38.7. The molecule has 0 aliphatic rings. The predicted octanol–water partition coefficient (Wildman–Crippen LogP) is 14.4. The summed E-state index contributed by atoms with van der Waals surface area (Å²) in [5.41, 5.74) is 4.66. The van der Waals surface area contributed by atoms with Gasteiger partial charge in [0.2, 0.25) is 0 Å². The van der Waals surface area contributed by atoms with Crippen molar-refractivity contribution in [2.45, 2.75) is 25.5 Å². The van der Waals surface area contributed by atoms with Gasteiger partial charge in [-0.05, 0) is 119 Å². The average Bonchev–Trinajstić information content (AvgIpc) is 3.29. The molecule has 0 aliphatic heterocycles. The number of benzene rings is 10. The van der Waals surface area contributed by atoms with Crippen LogP contribution in [0.5, 0.6) is 5.75 Å². The van der Waals surface area contributed by atoms with Crippen molar-refractivity contribution < 1.29 is 14.3 Å². The minimum absolute atomic E-state index is 0.0852. The number of ether oxygens (including phenoxy) is 1. The van der Waals surface area contributed by atoms with Crippen molar-refractivity contribution in [1.82, 2.24) is 0 Å². The summed E-state index contributed by atoms with van der Waals surface area (Å²) in [6.45, 7) is 2.42. The average molecular weight is 846 g/mol. The van der Waals surface area contributed by atoms with Gasteiger partial charge in [0.15, 0.2) is 0 Å². The molecule has 10 aromatic carbocycles. The van der Waals surface area contributed by atoms with Crippen LogP contribution >= 0.6 is 15.9 Å². The fourth-order valence-corrected chi connectivity index (χ4v) is 8.95. The van der Waals surface area contributed by atoms with E-state index in [0.717, 1.165) is 38.2 Å². The van der Waals surface area contributed by atoms with Crippen LogP contribution in [0.2, 0.25) is 0 Å². The van der Waals surface area contributed by atoms with E-state index in [2.05, 4.69) is 143 Å². The molecule has 4 nitrogen and oxygen atoms in total. The van der Waals surface area contributed by atoms with Crippen molar-refractivity contribution in [3.8, 4) is 5.75 Å². The molecular weight excluding hydrogens is 805 g/mol. The maximum absolute atomic E-state index is 11.7. The van der Waals surface area contributed by atoms with Crippen LogP contribution in [-0.4, -0.2) is 5.11 Å². The highest BCUT2D eigenvalue weighted by molar-refractivity contribution is 9.08. The van der Waals surface area contributed by atoms with E-state index in [0.29, 0.717) is 17.9 Å². The Kier molecular flexibility index (Phi) is 11.1. The molecule has 0 amide bonds. The molecule has 1 aromatic heterocycles. The van der Waals surface area contributed by atoms with Gasteiger partial charge < -0.3 is 14.3 Å². The lowest BCUT2D eigenvalue weighted by molar-refractivity contribution is 0.285. The van der Waals surface area contributed by atoms with Gasteiger partial charge in [-0.3, -0.25) is 0 Å². The third kappa shape index (κ3) is 7.73. The molecular formula is C55H41BrO4. The molecule has 11 aromatic rings. The monoisotopic (exact) mass is 844 g/mol. The maximum Gasteiger partial charge on any atom is 0.336 e. The Morgan fingerprint density at radius 3 is 1.25 bits per heavy atom. The highest BCUT2D eigenvalue weighted by Crippen LogP contribution is 2.32. The first-order chi connectivity index (χ1) is 29.5. The molecule has 0 radical (unpaired) electrons. The third-order valence-corrected chi connectivity index (χ3v) is 11.8. The summed E-state index contributed by atoms with van der Waals surface area (Å²) in [6.07, 6.45) is 0. The van der Waals surface area contributed by atoms with Crippen LogP contribution in [0, 0.1) is 6.92 Å². The Morgan fingerprint density at radius 1 is 0.467 bits per heavy atom. The molecule has 1 N–H and O–H groups in total. The molecule has 60 heavy (non-hydrogen) atoms. The van der Waals surface area contributed by atoms with E-state index in [4.69, 9.17) is 9.15 Å². The summed E-state index contributed by atoms with van der Waals surface area (Å²) in [7, 11) is 0. The molecule has 0 spiro atoms. The van der Waals surface area contributed by atoms with Crippen molar-refractivity contribution in [3.63, 3.8) is 0 Å². The number of hydrogen-bond acceptors (Lipinski definition) is 4. The number of alkyl halides is 1. The smallest absolute Gasteiger partial charge is 0.336 e. The lowest BCUT2D eigenvalue weighted by Crippen LogP contribution is -2.00. The minimum atomic E-state index is -0.345. The number of aliphatic hydroxyl groups is 1. The summed E-state index contributed by atoms with van der Waals surface area (Å²) in [6, 6.07) is 64.0. The van der Waals surface area contributed by atoms with E-state index < -0.39 is 0 Å². The van der Waals surface area contributed by atoms with Crippen LogP contribution in [0.1, 0.15) is 22.3 Å². The van der Waals surface area contributed by atoms with E-state index in [1.165, 1.54) is 65.5 Å². The molecule has 11 rings (SSSR count). The number of fused-ring (bicyclic) bond motifs is 7. The summed E-state index contributed by atoms with van der Waals surface area (Å²) in [4.78, 5) is 11.7. The number of aliphatic hydroxyl groups excluding tert-OH is 1. The lowest BCUT2D eigenvalue weighted by atomic mass is 9.97. The Labute approximate surface area is 356 Å². The van der Waals surface area contributed by atoms with Gasteiger partial charge in [-0.15, -0.1) is 0 Å². The number of aryl methyl sites for hydroxylation is 1. The molecule has 0 bridgehead atoms. The fourth-order valence-electron chi connectivity index (χ4n) is 8.34. The largest absolute Gasteiger partial charge is 0.489 e. The van der Waals surface area contributed by atoms with Crippen molar-refractivity contribution >= 4 is 91.5 Å². The summed E-state index contributed by atoms with van der Waals surface area (Å²) >= 11 is 3.60. The van der Waals surface area contributed by atoms with Crippen LogP contribution in [0.25, 0.3) is 75.6 Å². The number of hydrogen-bond donors (Lipinski definition) is 1. The molecule has 292 valence electrons. The van der Waals surface area contributed by atoms with Gasteiger partial charge >= 0.3 is 5.63 Å². The van der Waals surface area contributed by atoms with E-state index in [9.17, 15) is 9.90 Å². The molecule has 0 unspecified atom stereocenters. The molecule has 0 saturated carbocycles. The Morgan fingerprint density at radius 2 is 0.850 bits per heavy atom. The topological polar surface area (TPSA) is 59.7 Å². The van der Waals surface area contributed by atoms with Crippen LogP contribution in [-0.2, 0) is 18.5 Å². The number of halogens is 1. The van der Waals surface area contributed by atoms with Gasteiger partial charge in [0.1, 0.15) is 17.9 Å². The second-order valence-corrected chi connectivity index (χ2v) is 15.4. The molecule has 5 heteroatoms. The van der Waals surface area contributed by atoms with E-state index >= 15 is 0 Å². The van der Waals surface area contributed by atoms with Crippen LogP contribution in [0.3, 0.4) is 0 Å². The molecule has 0 aliphatic carbocycles. The van der Waals surface area contributed by atoms with Gasteiger partial charge in [-0.2, -0.15) is 0 Å². The Bertz CT molecular complexity index is 3120. The standard InChI is InChI=1S/C25H18O3.C15H11Br.C15H12O/c1-16-12-25(26)28-24-14-19(10-11-20(16)24)27-15-23-21-8-4-2-6-17(21)13-18-7-3-5-9-22(18)23;2*16-10-15-13-7-3-1-5-11(13)9-12-6-2-4-8-14(12)15/h2-14H,15H2,1H3;1-9H,10H2;1-9,16H,10H2. The van der Waals surface area contributed by atoms with Gasteiger partial charge in [0.05, 0.1) is 6.61 Å². The lowest BCUT2D eigenvalue weighted by Gasteiger charge is -2.13. The van der Waals surface area contributed by atoms with Gasteiger partial charge in [0.25, 0.3) is 0 Å². The highest BCUT2D eigenvalue weighted by Gasteiger charge is 2.11. The molecule has 0 fully saturated rings. The third-order valence-electron chi connectivity index (χ3n) is 11.2. The zero-order valence-corrected chi connectivity index (χ0v) is 34.7. The summed E-state index contributed by atoms with van der Waals surface area (Å²) < 4.78 is 11.5. The van der Waals surface area contributed by atoms with Gasteiger partial charge in [-0.25, -0.2) is 4.79 Å². The van der Waals surface area contributed by atoms with Crippen LogP contribution < -0.4 is 10.4 Å². The van der Waals surface area contributed by atoms with Crippen LogP contribution in [0.4, 0.5) is 0 Å². The first-order valence-corrected chi connectivity index (χ1v) is 21.1. The SMILES string of the molecule is BrCc1c2ccccc2cc2ccccc12.Cc1cc(=O)oc2cc(OCc3c4ccccc4cc4ccccc34)ccc12.OCc1c2ccccc2cc2ccccc12. The van der Waals surface area contributed by atoms with Crippen LogP contribution in [0.15, 0.2) is 197 Å². The predicted molar refractivity (Wildman–Crippen MR) is 254 cm³/mol. The second kappa shape index (κ2) is 17.2. The van der Waals surface area contributed by atoms with E-state index in [1.54, 1.807) is 6.07 Å². The zero-order chi connectivity index (χ0) is 41.0. The minimum Gasteiger partial charge on any atom is -0.489 e. The first-order valence-electron chi connectivity index (χ1n) is 20.0. The second-order valence-electron chi connectivity index (χ2n) is 14.9. The maximum atomic E-state index is 11.7. The summed E-state index contributed by atoms with van der Waals surface area (Å²) in [5.74, 6) is 0.679. The Hall–Kier alpha value is -6.79. The van der Waals surface area contributed by atoms with E-state index in [-0.39, 0.29) is 12.2 Å². The molecule has 0 saturated heterocycles. The van der Waals surface area contributed by atoms with Gasteiger partial charge in [0, 0.05) is 28.4 Å². The summed E-state index contributed by atoms with van der Waals surface area (Å²) in [5, 5.41) is 26.1. The van der Waals surface area contributed by atoms with Gasteiger partial charge in [-0.1, -0.05) is 162 Å². The normalized spacial score (nSPS) is 11.2. The molecule has 0 atom stereocenters. The Balaban J connectivity index is 0.000000124. The van der Waals surface area contributed by atoms with Crippen molar-refractivity contribution in [2.75, 3.05) is 0 Å². The van der Waals surface area contributed by atoms with Crippen molar-refractivity contribution in [2.24, 2.45) is 0 Å².